The van der Waals surface area contributed by atoms with Crippen molar-refractivity contribution in [1.29, 1.82) is 0 Å². The van der Waals surface area contributed by atoms with Gasteiger partial charge in [-0.3, -0.25) is 4.40 Å². The molecule has 0 spiro atoms. The molecule has 5 nitrogen and oxygen atoms in total. The van der Waals surface area contributed by atoms with E-state index in [2.05, 4.69) is 21.2 Å². The Hall–Kier alpha value is -2.14. The minimum atomic E-state index is 0.124. The van der Waals surface area contributed by atoms with Crippen molar-refractivity contribution in [3.8, 4) is 0 Å². The molecule has 1 N–H and O–H groups in total. The van der Waals surface area contributed by atoms with Gasteiger partial charge in [-0.15, -0.1) is 0 Å². The lowest BCUT2D eigenvalue weighted by Gasteiger charge is -2.24. The molecule has 0 bridgehead atoms. The van der Waals surface area contributed by atoms with Gasteiger partial charge in [-0.05, 0) is 18.6 Å². The fourth-order valence-electron chi connectivity index (χ4n) is 2.61. The zero-order valence-corrected chi connectivity index (χ0v) is 12.2. The molecule has 0 aliphatic carbocycles. The van der Waals surface area contributed by atoms with Crippen molar-refractivity contribution in [2.45, 2.75) is 19.8 Å². The van der Waals surface area contributed by atoms with Gasteiger partial charge < -0.3 is 10.0 Å². The first-order valence-corrected chi connectivity index (χ1v) is 7.41. The average Bonchev–Trinajstić information content (AvgIpc) is 3.00. The summed E-state index contributed by atoms with van der Waals surface area (Å²) >= 11 is 0. The maximum atomic E-state index is 9.34. The fraction of sp³-hybridized carbons (Fsp3) is 0.375. The number of hydrogen-bond donors (Lipinski definition) is 1. The van der Waals surface area contributed by atoms with E-state index in [0.29, 0.717) is 6.54 Å². The molecule has 0 radical (unpaired) electrons. The maximum absolute atomic E-state index is 9.34. The molecular weight excluding hydrogens is 264 g/mol. The molecule has 0 amide bonds. The summed E-state index contributed by atoms with van der Waals surface area (Å²) in [4.78, 5) is 11.2. The van der Waals surface area contributed by atoms with E-state index in [1.807, 2.05) is 36.8 Å². The average molecular weight is 284 g/mol. The van der Waals surface area contributed by atoms with E-state index in [-0.39, 0.29) is 6.61 Å². The molecule has 3 aromatic rings. The van der Waals surface area contributed by atoms with Gasteiger partial charge in [0, 0.05) is 13.1 Å². The molecular formula is C16H20N4O. The molecule has 0 saturated heterocycles. The van der Waals surface area contributed by atoms with Gasteiger partial charge in [0.15, 0.2) is 5.82 Å². The zero-order valence-electron chi connectivity index (χ0n) is 12.2. The van der Waals surface area contributed by atoms with Gasteiger partial charge in [-0.1, -0.05) is 25.5 Å². The normalized spacial score (nSPS) is 11.3. The van der Waals surface area contributed by atoms with Crippen molar-refractivity contribution >= 4 is 22.4 Å². The van der Waals surface area contributed by atoms with Crippen molar-refractivity contribution < 1.29 is 5.11 Å². The highest BCUT2D eigenvalue weighted by Gasteiger charge is 2.14. The summed E-state index contributed by atoms with van der Waals surface area (Å²) in [6, 6.07) is 8.05. The summed E-state index contributed by atoms with van der Waals surface area (Å²) in [5.41, 5.74) is 2.98. The Morgan fingerprint density at radius 2 is 2.05 bits per heavy atom. The summed E-state index contributed by atoms with van der Waals surface area (Å²) in [7, 11) is 0. The first kappa shape index (κ1) is 13.8. The lowest BCUT2D eigenvalue weighted by atomic mass is 10.2. The predicted octanol–water partition coefficient (Wildman–Crippen LogP) is 2.48. The largest absolute Gasteiger partial charge is 0.395 e. The van der Waals surface area contributed by atoms with Gasteiger partial charge in [0.1, 0.15) is 5.52 Å². The van der Waals surface area contributed by atoms with Crippen LogP contribution in [0.5, 0.6) is 0 Å². The van der Waals surface area contributed by atoms with E-state index in [1.54, 1.807) is 0 Å². The Labute approximate surface area is 123 Å². The molecule has 0 aliphatic heterocycles. The number of aliphatic hydroxyl groups is 1. The quantitative estimate of drug-likeness (QED) is 0.755. The number of aromatic nitrogens is 3. The van der Waals surface area contributed by atoms with Gasteiger partial charge in [0.2, 0.25) is 0 Å². The van der Waals surface area contributed by atoms with E-state index >= 15 is 0 Å². The number of rotatable bonds is 6. The minimum absolute atomic E-state index is 0.124. The van der Waals surface area contributed by atoms with Crippen molar-refractivity contribution in [2.75, 3.05) is 24.6 Å². The van der Waals surface area contributed by atoms with Crippen molar-refractivity contribution in [3.63, 3.8) is 0 Å². The Balaban J connectivity index is 2.15. The number of para-hydroxylation sites is 2. The van der Waals surface area contributed by atoms with Crippen molar-refractivity contribution in [1.82, 2.24) is 14.4 Å². The molecule has 0 unspecified atom stereocenters. The second kappa shape index (κ2) is 6.10. The van der Waals surface area contributed by atoms with E-state index in [0.717, 1.165) is 41.8 Å². The van der Waals surface area contributed by atoms with Gasteiger partial charge in [-0.25, -0.2) is 9.97 Å². The number of imidazole rings is 1. The molecule has 0 atom stereocenters. The molecule has 3 rings (SSSR count). The summed E-state index contributed by atoms with van der Waals surface area (Å²) < 4.78 is 2.06. The first-order chi connectivity index (χ1) is 10.3. The SMILES string of the molecule is CCCCN(CCO)c1nc2ccccc2n2cncc12. The van der Waals surface area contributed by atoms with Crippen LogP contribution in [0.4, 0.5) is 5.82 Å². The van der Waals surface area contributed by atoms with Gasteiger partial charge in [0.25, 0.3) is 0 Å². The predicted molar refractivity (Wildman–Crippen MR) is 84.7 cm³/mol. The van der Waals surface area contributed by atoms with Crippen LogP contribution in [0.25, 0.3) is 16.6 Å². The third-order valence-corrected chi connectivity index (χ3v) is 3.69. The number of fused-ring (bicyclic) bond motifs is 3. The number of nitrogens with zero attached hydrogens (tertiary/aromatic N) is 4. The highest BCUT2D eigenvalue weighted by Crippen LogP contribution is 2.24. The lowest BCUT2D eigenvalue weighted by molar-refractivity contribution is 0.301. The van der Waals surface area contributed by atoms with Crippen molar-refractivity contribution in [3.05, 3.63) is 36.8 Å². The van der Waals surface area contributed by atoms with Crippen LogP contribution in [0.3, 0.4) is 0 Å². The molecule has 0 aliphatic rings. The van der Waals surface area contributed by atoms with Gasteiger partial charge in [-0.2, -0.15) is 0 Å². The molecule has 0 saturated carbocycles. The summed E-state index contributed by atoms with van der Waals surface area (Å²) in [5.74, 6) is 0.897. The monoisotopic (exact) mass is 284 g/mol. The smallest absolute Gasteiger partial charge is 0.155 e. The second-order valence-electron chi connectivity index (χ2n) is 5.14. The Morgan fingerprint density at radius 1 is 1.19 bits per heavy atom. The van der Waals surface area contributed by atoms with Crippen molar-refractivity contribution in [2.24, 2.45) is 0 Å². The molecule has 21 heavy (non-hydrogen) atoms. The number of anilines is 1. The van der Waals surface area contributed by atoms with Crippen LogP contribution < -0.4 is 4.90 Å². The highest BCUT2D eigenvalue weighted by molar-refractivity contribution is 5.84. The highest BCUT2D eigenvalue weighted by atomic mass is 16.3. The van der Waals surface area contributed by atoms with E-state index in [4.69, 9.17) is 4.98 Å². The number of aliphatic hydroxyl groups excluding tert-OH is 1. The Bertz CT molecular complexity index is 737. The summed E-state index contributed by atoms with van der Waals surface area (Å²) in [6.07, 6.45) is 5.85. The van der Waals surface area contributed by atoms with Crippen LogP contribution in [-0.2, 0) is 0 Å². The molecule has 2 heterocycles. The van der Waals surface area contributed by atoms with Crippen LogP contribution in [-0.4, -0.2) is 39.2 Å². The molecule has 2 aromatic heterocycles. The first-order valence-electron chi connectivity index (χ1n) is 7.41. The Morgan fingerprint density at radius 3 is 2.86 bits per heavy atom. The third-order valence-electron chi connectivity index (χ3n) is 3.69. The summed E-state index contributed by atoms with van der Waals surface area (Å²) in [5, 5.41) is 9.34. The van der Waals surface area contributed by atoms with Crippen LogP contribution >= 0.6 is 0 Å². The number of hydrogen-bond acceptors (Lipinski definition) is 4. The van der Waals surface area contributed by atoms with Crippen LogP contribution in [0.15, 0.2) is 36.8 Å². The molecule has 0 fully saturated rings. The third kappa shape index (κ3) is 2.56. The fourth-order valence-corrected chi connectivity index (χ4v) is 2.61. The molecule has 110 valence electrons. The van der Waals surface area contributed by atoms with Gasteiger partial charge in [0.05, 0.1) is 30.2 Å². The van der Waals surface area contributed by atoms with E-state index in [9.17, 15) is 5.11 Å². The van der Waals surface area contributed by atoms with Crippen LogP contribution in [0.2, 0.25) is 0 Å². The van der Waals surface area contributed by atoms with E-state index < -0.39 is 0 Å². The summed E-state index contributed by atoms with van der Waals surface area (Å²) in [6.45, 7) is 3.77. The standard InChI is InChI=1S/C16H20N4O/c1-2-3-8-19(9-10-21)16-15-11-17-12-20(15)14-7-5-4-6-13(14)18-16/h4-7,11-12,21H,2-3,8-10H2,1H3. The number of unbranched alkanes of at least 4 members (excludes halogenated alkanes) is 1. The number of benzene rings is 1. The topological polar surface area (TPSA) is 53.7 Å². The van der Waals surface area contributed by atoms with E-state index in [1.165, 1.54) is 0 Å². The van der Waals surface area contributed by atoms with Crippen LogP contribution in [0.1, 0.15) is 19.8 Å². The maximum Gasteiger partial charge on any atom is 0.155 e. The van der Waals surface area contributed by atoms with Gasteiger partial charge >= 0.3 is 0 Å². The lowest BCUT2D eigenvalue weighted by Crippen LogP contribution is -2.29. The Kier molecular flexibility index (Phi) is 4.01. The van der Waals surface area contributed by atoms with Crippen LogP contribution in [0, 0.1) is 0 Å². The minimum Gasteiger partial charge on any atom is -0.395 e. The molecule has 1 aromatic carbocycles. The molecule has 5 heteroatoms. The second-order valence-corrected chi connectivity index (χ2v) is 5.14. The zero-order chi connectivity index (χ0) is 14.7.